The maximum atomic E-state index is 12.2. The number of ether oxygens (including phenoxy) is 2. The van der Waals surface area contributed by atoms with Gasteiger partial charge in [0.25, 0.3) is 0 Å². The van der Waals surface area contributed by atoms with E-state index >= 15 is 0 Å². The Labute approximate surface area is 199 Å². The van der Waals surface area contributed by atoms with Crippen LogP contribution in [0.5, 0.6) is 5.75 Å². The number of benzene rings is 2. The molecule has 2 saturated carbocycles. The third kappa shape index (κ3) is 5.08. The molecule has 0 saturated heterocycles. The zero-order valence-electron chi connectivity index (χ0n) is 19.5. The lowest BCUT2D eigenvalue weighted by Gasteiger charge is -2.38. The smallest absolute Gasteiger partial charge is 0.407 e. The first-order valence-corrected chi connectivity index (χ1v) is 12.1. The van der Waals surface area contributed by atoms with E-state index in [9.17, 15) is 4.79 Å². The summed E-state index contributed by atoms with van der Waals surface area (Å²) in [4.78, 5) is 17.0. The highest BCUT2D eigenvalue weighted by molar-refractivity contribution is 5.67. The number of hydrogen-bond donors (Lipinski definition) is 1. The molecule has 7 heteroatoms. The van der Waals surface area contributed by atoms with E-state index < -0.39 is 0 Å². The minimum Gasteiger partial charge on any atom is -0.497 e. The van der Waals surface area contributed by atoms with Crippen LogP contribution in [0, 0.1) is 5.92 Å². The van der Waals surface area contributed by atoms with Crippen molar-refractivity contribution in [3.05, 3.63) is 77.4 Å². The Balaban J connectivity index is 1.31. The Morgan fingerprint density at radius 3 is 2.62 bits per heavy atom. The van der Waals surface area contributed by atoms with Crippen LogP contribution in [0.2, 0.25) is 0 Å². The molecule has 2 fully saturated rings. The SMILES string of the molecule is COc1cccc(Cc2nc(C3(c4ccccc4)CCC(OC(=O)NCC4CC4)CC3)no2)c1. The first-order chi connectivity index (χ1) is 16.6. The van der Waals surface area contributed by atoms with Gasteiger partial charge < -0.3 is 19.3 Å². The number of hydrogen-bond acceptors (Lipinski definition) is 6. The highest BCUT2D eigenvalue weighted by atomic mass is 16.6. The van der Waals surface area contributed by atoms with Crippen molar-refractivity contribution in [2.45, 2.75) is 56.5 Å². The molecule has 0 radical (unpaired) electrons. The third-order valence-corrected chi connectivity index (χ3v) is 7.00. The zero-order valence-corrected chi connectivity index (χ0v) is 19.5. The van der Waals surface area contributed by atoms with Gasteiger partial charge in [0.05, 0.1) is 18.9 Å². The standard InChI is InChI=1S/C27H31N3O4/c1-32-23-9-5-6-20(16-23)17-24-29-25(30-34-24)27(21-7-3-2-4-8-21)14-12-22(13-15-27)33-26(31)28-18-19-10-11-19/h2-9,16,19,22H,10-15,17-18H2,1H3,(H,28,31). The van der Waals surface area contributed by atoms with Crippen molar-refractivity contribution in [1.29, 1.82) is 0 Å². The predicted octanol–water partition coefficient (Wildman–Crippen LogP) is 5.03. The monoisotopic (exact) mass is 461 g/mol. The third-order valence-electron chi connectivity index (χ3n) is 7.00. The number of carbonyl (C=O) groups is 1. The maximum Gasteiger partial charge on any atom is 0.407 e. The van der Waals surface area contributed by atoms with Gasteiger partial charge in [0.2, 0.25) is 5.89 Å². The molecule has 5 rings (SSSR count). The number of methoxy groups -OCH3 is 1. The van der Waals surface area contributed by atoms with Crippen LogP contribution < -0.4 is 10.1 Å². The van der Waals surface area contributed by atoms with Crippen LogP contribution in [0.4, 0.5) is 4.79 Å². The van der Waals surface area contributed by atoms with Crippen molar-refractivity contribution >= 4 is 6.09 Å². The van der Waals surface area contributed by atoms with Gasteiger partial charge in [0.1, 0.15) is 11.9 Å². The number of rotatable bonds is 8. The van der Waals surface area contributed by atoms with Gasteiger partial charge in [-0.05, 0) is 67.7 Å². The molecule has 1 N–H and O–H groups in total. The van der Waals surface area contributed by atoms with Gasteiger partial charge in [0.15, 0.2) is 5.82 Å². The summed E-state index contributed by atoms with van der Waals surface area (Å²) in [6, 6.07) is 18.2. The van der Waals surface area contributed by atoms with Crippen LogP contribution in [-0.4, -0.2) is 36.0 Å². The Morgan fingerprint density at radius 2 is 1.88 bits per heavy atom. The Bertz CT molecular complexity index is 1100. The van der Waals surface area contributed by atoms with Crippen molar-refractivity contribution in [3.8, 4) is 5.75 Å². The average molecular weight is 462 g/mol. The average Bonchev–Trinajstić information content (AvgIpc) is 3.60. The minimum atomic E-state index is -0.359. The van der Waals surface area contributed by atoms with E-state index in [1.165, 1.54) is 18.4 Å². The van der Waals surface area contributed by atoms with Crippen LogP contribution in [-0.2, 0) is 16.6 Å². The normalized spacial score (nSPS) is 22.2. The Hall–Kier alpha value is -3.35. The number of amides is 1. The minimum absolute atomic E-state index is 0.0980. The van der Waals surface area contributed by atoms with E-state index in [0.717, 1.165) is 43.5 Å². The molecule has 2 aliphatic carbocycles. The first-order valence-electron chi connectivity index (χ1n) is 12.1. The molecule has 0 atom stereocenters. The molecule has 2 aromatic carbocycles. The van der Waals surface area contributed by atoms with E-state index in [0.29, 0.717) is 24.1 Å². The summed E-state index contributed by atoms with van der Waals surface area (Å²) in [7, 11) is 1.66. The van der Waals surface area contributed by atoms with Crippen molar-refractivity contribution < 1.29 is 18.8 Å². The fourth-order valence-corrected chi connectivity index (χ4v) is 4.82. The predicted molar refractivity (Wildman–Crippen MR) is 127 cm³/mol. The fraction of sp³-hybridized carbons (Fsp3) is 0.444. The quantitative estimate of drug-likeness (QED) is 0.506. The molecule has 7 nitrogen and oxygen atoms in total. The highest BCUT2D eigenvalue weighted by Gasteiger charge is 2.43. The van der Waals surface area contributed by atoms with E-state index in [1.54, 1.807) is 7.11 Å². The van der Waals surface area contributed by atoms with Crippen LogP contribution >= 0.6 is 0 Å². The molecule has 0 spiro atoms. The van der Waals surface area contributed by atoms with Crippen LogP contribution in [0.3, 0.4) is 0 Å². The number of carbonyl (C=O) groups excluding carboxylic acids is 1. The van der Waals surface area contributed by atoms with Gasteiger partial charge in [-0.3, -0.25) is 0 Å². The second kappa shape index (κ2) is 9.87. The van der Waals surface area contributed by atoms with Crippen molar-refractivity contribution in [1.82, 2.24) is 15.5 Å². The summed E-state index contributed by atoms with van der Waals surface area (Å²) in [6.45, 7) is 0.721. The number of nitrogens with one attached hydrogen (secondary N) is 1. The lowest BCUT2D eigenvalue weighted by atomic mass is 9.68. The van der Waals surface area contributed by atoms with Gasteiger partial charge in [-0.1, -0.05) is 47.6 Å². The van der Waals surface area contributed by atoms with Crippen molar-refractivity contribution in [2.75, 3.05) is 13.7 Å². The van der Waals surface area contributed by atoms with Crippen LogP contribution in [0.15, 0.2) is 59.1 Å². The van der Waals surface area contributed by atoms with E-state index in [2.05, 4.69) is 22.6 Å². The molecule has 1 amide bonds. The summed E-state index contributed by atoms with van der Waals surface area (Å²) in [6.07, 6.45) is 5.63. The largest absolute Gasteiger partial charge is 0.497 e. The zero-order chi connectivity index (χ0) is 23.4. The molecule has 1 aromatic heterocycles. The van der Waals surface area contributed by atoms with E-state index in [4.69, 9.17) is 19.0 Å². The second-order valence-corrected chi connectivity index (χ2v) is 9.42. The van der Waals surface area contributed by atoms with Gasteiger partial charge in [-0.15, -0.1) is 0 Å². The van der Waals surface area contributed by atoms with Gasteiger partial charge in [-0.25, -0.2) is 4.79 Å². The summed E-state index contributed by atoms with van der Waals surface area (Å²) in [5.74, 6) is 2.72. The lowest BCUT2D eigenvalue weighted by Crippen LogP contribution is -2.39. The van der Waals surface area contributed by atoms with Crippen molar-refractivity contribution in [2.24, 2.45) is 5.92 Å². The van der Waals surface area contributed by atoms with Gasteiger partial charge in [0, 0.05) is 6.54 Å². The molecule has 0 unspecified atom stereocenters. The van der Waals surface area contributed by atoms with Gasteiger partial charge >= 0.3 is 6.09 Å². The number of aromatic nitrogens is 2. The van der Waals surface area contributed by atoms with Gasteiger partial charge in [-0.2, -0.15) is 4.98 Å². The molecule has 3 aromatic rings. The molecular formula is C27H31N3O4. The summed E-state index contributed by atoms with van der Waals surface area (Å²) in [5.41, 5.74) is 1.86. The molecular weight excluding hydrogens is 430 g/mol. The molecule has 2 aliphatic rings. The summed E-state index contributed by atoms with van der Waals surface area (Å²) >= 11 is 0. The molecule has 0 aliphatic heterocycles. The Kier molecular flexibility index (Phi) is 6.52. The van der Waals surface area contributed by atoms with Crippen LogP contribution in [0.25, 0.3) is 0 Å². The maximum absolute atomic E-state index is 12.2. The lowest BCUT2D eigenvalue weighted by molar-refractivity contribution is 0.0613. The summed E-state index contributed by atoms with van der Waals surface area (Å²) < 4.78 is 16.7. The summed E-state index contributed by atoms with van der Waals surface area (Å²) in [5, 5.41) is 7.33. The number of nitrogens with zero attached hydrogens (tertiary/aromatic N) is 2. The first kappa shape index (κ1) is 22.4. The molecule has 178 valence electrons. The highest BCUT2D eigenvalue weighted by Crippen LogP contribution is 2.44. The Morgan fingerprint density at radius 1 is 1.09 bits per heavy atom. The topological polar surface area (TPSA) is 86.5 Å². The fourth-order valence-electron chi connectivity index (χ4n) is 4.82. The van der Waals surface area contributed by atoms with Crippen LogP contribution in [0.1, 0.15) is 61.4 Å². The van der Waals surface area contributed by atoms with Crippen molar-refractivity contribution in [3.63, 3.8) is 0 Å². The molecule has 34 heavy (non-hydrogen) atoms. The van der Waals surface area contributed by atoms with E-state index in [1.807, 2.05) is 42.5 Å². The number of alkyl carbamates (subject to hydrolysis) is 1. The second-order valence-electron chi connectivity index (χ2n) is 9.42. The van der Waals surface area contributed by atoms with E-state index in [-0.39, 0.29) is 17.6 Å². The molecule has 0 bridgehead atoms. The molecule has 1 heterocycles.